The molecule has 3 aromatic rings. The van der Waals surface area contributed by atoms with Gasteiger partial charge < -0.3 is 14.7 Å². The molecule has 0 N–H and O–H groups in total. The third-order valence-corrected chi connectivity index (χ3v) is 6.56. The monoisotopic (exact) mass is 399 g/mol. The van der Waals surface area contributed by atoms with Crippen LogP contribution in [0.2, 0.25) is 0 Å². The zero-order valence-corrected chi connectivity index (χ0v) is 18.0. The summed E-state index contributed by atoms with van der Waals surface area (Å²) in [5.74, 6) is 1.83. The highest BCUT2D eigenvalue weighted by Gasteiger charge is 2.28. The van der Waals surface area contributed by atoms with Gasteiger partial charge in [-0.2, -0.15) is 4.98 Å². The average Bonchev–Trinajstić information content (AvgIpc) is 3.11. The fourth-order valence-corrected chi connectivity index (χ4v) is 4.77. The number of fused-ring (bicyclic) bond motifs is 1. The van der Waals surface area contributed by atoms with Crippen LogP contribution in [0.4, 0.5) is 23.1 Å². The van der Waals surface area contributed by atoms with Gasteiger partial charge in [-0.15, -0.1) is 0 Å². The number of hydrogen-bond acceptors (Lipinski definition) is 5. The van der Waals surface area contributed by atoms with Gasteiger partial charge in [0.05, 0.1) is 0 Å². The van der Waals surface area contributed by atoms with Crippen molar-refractivity contribution in [2.24, 2.45) is 0 Å². The second-order valence-corrected chi connectivity index (χ2v) is 8.46. The summed E-state index contributed by atoms with van der Waals surface area (Å²) in [6, 6.07) is 17.7. The van der Waals surface area contributed by atoms with Crippen LogP contribution in [0.3, 0.4) is 0 Å². The molecule has 2 aromatic carbocycles. The largest absolute Gasteiger partial charge is 0.368 e. The van der Waals surface area contributed by atoms with Gasteiger partial charge in [-0.3, -0.25) is 0 Å². The number of aryl methyl sites for hydroxylation is 1. The van der Waals surface area contributed by atoms with Crippen LogP contribution in [0, 0.1) is 13.8 Å². The highest BCUT2D eigenvalue weighted by Crippen LogP contribution is 2.37. The number of rotatable bonds is 3. The molecule has 5 nitrogen and oxygen atoms in total. The Bertz CT molecular complexity index is 1050. The molecule has 1 aromatic heterocycles. The summed E-state index contributed by atoms with van der Waals surface area (Å²) in [6.45, 7) is 10.5. The summed E-state index contributed by atoms with van der Waals surface area (Å²) in [5, 5.41) is 0. The van der Waals surface area contributed by atoms with E-state index in [2.05, 4.69) is 82.9 Å². The predicted molar refractivity (Wildman–Crippen MR) is 124 cm³/mol. The average molecular weight is 400 g/mol. The van der Waals surface area contributed by atoms with Gasteiger partial charge in [-0.1, -0.05) is 30.3 Å². The Morgan fingerprint density at radius 2 is 1.57 bits per heavy atom. The lowest BCUT2D eigenvalue weighted by atomic mass is 10.1. The van der Waals surface area contributed by atoms with E-state index in [-0.39, 0.29) is 0 Å². The van der Waals surface area contributed by atoms with Crippen LogP contribution in [-0.4, -0.2) is 42.2 Å². The lowest BCUT2D eigenvalue weighted by Crippen LogP contribution is -2.47. The van der Waals surface area contributed by atoms with Crippen molar-refractivity contribution < 1.29 is 0 Å². The zero-order valence-electron chi connectivity index (χ0n) is 18.0. The molecular formula is C25H29N5. The minimum absolute atomic E-state index is 0.409. The first-order chi connectivity index (χ1) is 14.6. The van der Waals surface area contributed by atoms with Crippen molar-refractivity contribution in [3.05, 3.63) is 71.4 Å². The number of aromatic nitrogens is 2. The topological polar surface area (TPSA) is 35.5 Å². The molecule has 154 valence electrons. The Kier molecular flexibility index (Phi) is 4.81. The quantitative estimate of drug-likeness (QED) is 0.648. The standard InChI is InChI=1S/C25H29N5/c1-18-7-6-10-22(20(18)3)28-13-15-29(16-14-28)25-26-12-11-24(27-25)30-19(2)17-21-8-4-5-9-23(21)30/h4-12,19H,13-17H2,1-3H3. The van der Waals surface area contributed by atoms with Crippen LogP contribution in [0.15, 0.2) is 54.7 Å². The molecular weight excluding hydrogens is 370 g/mol. The first-order valence-corrected chi connectivity index (χ1v) is 10.9. The number of piperazine rings is 1. The lowest BCUT2D eigenvalue weighted by Gasteiger charge is -2.37. The van der Waals surface area contributed by atoms with Crippen molar-refractivity contribution in [2.45, 2.75) is 33.2 Å². The van der Waals surface area contributed by atoms with Crippen molar-refractivity contribution in [3.63, 3.8) is 0 Å². The third kappa shape index (κ3) is 3.28. The maximum Gasteiger partial charge on any atom is 0.227 e. The summed E-state index contributed by atoms with van der Waals surface area (Å²) in [6.07, 6.45) is 2.96. The maximum absolute atomic E-state index is 4.98. The molecule has 2 aliphatic heterocycles. The maximum atomic E-state index is 4.98. The minimum atomic E-state index is 0.409. The molecule has 1 unspecified atom stereocenters. The smallest absolute Gasteiger partial charge is 0.227 e. The van der Waals surface area contributed by atoms with Crippen molar-refractivity contribution >= 4 is 23.1 Å². The molecule has 0 spiro atoms. The number of benzene rings is 2. The number of hydrogen-bond donors (Lipinski definition) is 0. The van der Waals surface area contributed by atoms with Crippen molar-refractivity contribution in [1.29, 1.82) is 0 Å². The lowest BCUT2D eigenvalue weighted by molar-refractivity contribution is 0.637. The van der Waals surface area contributed by atoms with E-state index in [0.29, 0.717) is 6.04 Å². The van der Waals surface area contributed by atoms with E-state index >= 15 is 0 Å². The molecule has 0 bridgehead atoms. The summed E-state index contributed by atoms with van der Waals surface area (Å²) in [7, 11) is 0. The summed E-state index contributed by atoms with van der Waals surface area (Å²) in [4.78, 5) is 16.8. The van der Waals surface area contributed by atoms with Gasteiger partial charge in [-0.25, -0.2) is 4.98 Å². The van der Waals surface area contributed by atoms with E-state index < -0.39 is 0 Å². The molecule has 5 rings (SSSR count). The Labute approximate surface area is 179 Å². The van der Waals surface area contributed by atoms with Gasteiger partial charge in [0.2, 0.25) is 5.95 Å². The van der Waals surface area contributed by atoms with Crippen LogP contribution >= 0.6 is 0 Å². The highest BCUT2D eigenvalue weighted by molar-refractivity contribution is 5.69. The summed E-state index contributed by atoms with van der Waals surface area (Å²) in [5.41, 5.74) is 6.75. The predicted octanol–water partition coefficient (Wildman–Crippen LogP) is 4.50. The van der Waals surface area contributed by atoms with Gasteiger partial charge >= 0.3 is 0 Å². The fraction of sp³-hybridized carbons (Fsp3) is 0.360. The van der Waals surface area contributed by atoms with Crippen LogP contribution in [-0.2, 0) is 6.42 Å². The SMILES string of the molecule is Cc1cccc(N2CCN(c3nccc(N4c5ccccc5CC4C)n3)CC2)c1C. The molecule has 0 amide bonds. The first-order valence-electron chi connectivity index (χ1n) is 10.9. The molecule has 3 heterocycles. The van der Waals surface area contributed by atoms with Crippen molar-refractivity contribution in [2.75, 3.05) is 40.9 Å². The molecule has 0 aliphatic carbocycles. The van der Waals surface area contributed by atoms with Gasteiger partial charge in [0.1, 0.15) is 5.82 Å². The number of anilines is 4. The van der Waals surface area contributed by atoms with Crippen molar-refractivity contribution in [1.82, 2.24) is 9.97 Å². The van der Waals surface area contributed by atoms with E-state index in [1.54, 1.807) is 0 Å². The summed E-state index contributed by atoms with van der Waals surface area (Å²) >= 11 is 0. The van der Waals surface area contributed by atoms with E-state index in [1.165, 1.54) is 28.1 Å². The van der Waals surface area contributed by atoms with E-state index in [4.69, 9.17) is 4.98 Å². The Morgan fingerprint density at radius 3 is 2.40 bits per heavy atom. The number of nitrogens with zero attached hydrogens (tertiary/aromatic N) is 5. The summed E-state index contributed by atoms with van der Waals surface area (Å²) < 4.78 is 0. The Hall–Kier alpha value is -3.08. The van der Waals surface area contributed by atoms with E-state index in [1.807, 2.05) is 12.3 Å². The second kappa shape index (κ2) is 7.63. The van der Waals surface area contributed by atoms with Crippen LogP contribution in [0.25, 0.3) is 0 Å². The van der Waals surface area contributed by atoms with E-state index in [9.17, 15) is 0 Å². The van der Waals surface area contributed by atoms with Crippen LogP contribution < -0.4 is 14.7 Å². The highest BCUT2D eigenvalue weighted by atomic mass is 15.3. The molecule has 0 saturated carbocycles. The van der Waals surface area contributed by atoms with E-state index in [0.717, 1.165) is 44.4 Å². The molecule has 5 heteroatoms. The fourth-order valence-electron chi connectivity index (χ4n) is 4.77. The first kappa shape index (κ1) is 18.9. The third-order valence-electron chi connectivity index (χ3n) is 6.56. The van der Waals surface area contributed by atoms with Crippen LogP contribution in [0.1, 0.15) is 23.6 Å². The van der Waals surface area contributed by atoms with Gasteiger partial charge in [0.15, 0.2) is 0 Å². The van der Waals surface area contributed by atoms with Gasteiger partial charge in [-0.05, 0) is 62.1 Å². The van der Waals surface area contributed by atoms with Crippen molar-refractivity contribution in [3.8, 4) is 0 Å². The second-order valence-electron chi connectivity index (χ2n) is 8.46. The molecule has 1 saturated heterocycles. The molecule has 2 aliphatic rings. The van der Waals surface area contributed by atoms with Gasteiger partial charge in [0.25, 0.3) is 0 Å². The van der Waals surface area contributed by atoms with Gasteiger partial charge in [0, 0.05) is 49.8 Å². The normalized spacial score (nSPS) is 18.6. The molecule has 1 fully saturated rings. The molecule has 30 heavy (non-hydrogen) atoms. The zero-order chi connectivity index (χ0) is 20.7. The Balaban J connectivity index is 1.34. The number of para-hydroxylation sites is 1. The Morgan fingerprint density at radius 1 is 0.833 bits per heavy atom. The minimum Gasteiger partial charge on any atom is -0.368 e. The molecule has 1 atom stereocenters. The molecule has 0 radical (unpaired) electrons. The van der Waals surface area contributed by atoms with Crippen LogP contribution in [0.5, 0.6) is 0 Å².